The summed E-state index contributed by atoms with van der Waals surface area (Å²) in [6.07, 6.45) is 3.77. The van der Waals surface area contributed by atoms with E-state index in [1.807, 2.05) is 12.2 Å². The summed E-state index contributed by atoms with van der Waals surface area (Å²) in [6.45, 7) is 7.91. The smallest absolute Gasteiger partial charge is 0.0542 e. The molecule has 0 aliphatic carbocycles. The predicted molar refractivity (Wildman–Crippen MR) is 290 cm³/mol. The fourth-order valence-electron chi connectivity index (χ4n) is 9.93. The summed E-state index contributed by atoms with van der Waals surface area (Å²) in [5.74, 6) is 0. The number of hydrogen-bond donors (Lipinski definition) is 0. The van der Waals surface area contributed by atoms with Gasteiger partial charge in [-0.15, -0.1) is 0 Å². The van der Waals surface area contributed by atoms with Crippen LogP contribution in [0.25, 0.3) is 78.3 Å². The lowest BCUT2D eigenvalue weighted by atomic mass is 10.0. The SMILES string of the molecule is C=Cc1ccc(-n2c3ccccc3c3cc(N(c4ccccc4)c4ccc(-c5ccc(N(c6ccccc6)c6ccc7c(c6)c6ccccc6n7-c6ccc(C=C)cc6)cc5)cc4)ccc32)cc1. The molecule has 322 valence electrons. The molecule has 0 amide bonds. The van der Waals surface area contributed by atoms with Crippen molar-refractivity contribution in [2.75, 3.05) is 9.80 Å². The van der Waals surface area contributed by atoms with Gasteiger partial charge in [-0.05, 0) is 144 Å². The molecule has 4 heteroatoms. The molecule has 0 fully saturated rings. The van der Waals surface area contributed by atoms with Gasteiger partial charge >= 0.3 is 0 Å². The molecule has 4 nitrogen and oxygen atoms in total. The molecule has 2 heterocycles. The quantitative estimate of drug-likeness (QED) is 0.129. The predicted octanol–water partition coefficient (Wildman–Crippen LogP) is 17.8. The Morgan fingerprint density at radius 2 is 0.603 bits per heavy atom. The van der Waals surface area contributed by atoms with Crippen LogP contribution in [0.5, 0.6) is 0 Å². The van der Waals surface area contributed by atoms with Crippen LogP contribution in [-0.4, -0.2) is 9.13 Å². The molecule has 0 N–H and O–H groups in total. The number of anilines is 6. The molecule has 0 saturated carbocycles. The summed E-state index contributed by atoms with van der Waals surface area (Å²) in [5, 5.41) is 4.84. The van der Waals surface area contributed by atoms with Gasteiger partial charge in [-0.3, -0.25) is 0 Å². The highest BCUT2D eigenvalue weighted by atomic mass is 15.1. The summed E-state index contributed by atoms with van der Waals surface area (Å²) in [5.41, 5.74) is 18.0. The zero-order chi connectivity index (χ0) is 45.6. The van der Waals surface area contributed by atoms with E-state index in [0.717, 1.165) is 78.8 Å². The lowest BCUT2D eigenvalue weighted by molar-refractivity contribution is 1.18. The first kappa shape index (κ1) is 40.4. The van der Waals surface area contributed by atoms with Crippen LogP contribution in [0, 0.1) is 0 Å². The molecule has 12 rings (SSSR count). The van der Waals surface area contributed by atoms with E-state index < -0.39 is 0 Å². The summed E-state index contributed by atoms with van der Waals surface area (Å²) >= 11 is 0. The Labute approximate surface area is 396 Å². The molecule has 2 aromatic heterocycles. The lowest BCUT2D eigenvalue weighted by Crippen LogP contribution is -2.10. The standard InChI is InChI=1S/C64H46N4/c1-3-45-23-31-53(32-24-45)67-61-21-13-11-19-57(61)59-43-55(39-41-63(59)67)65(49-15-7-5-8-16-49)51-35-27-47(28-36-51)48-29-37-52(38-30-48)66(50-17-9-6-10-18-50)56-40-42-64-60(44-56)58-20-12-14-22-62(58)68(64)54-33-25-46(4-2)26-34-54/h3-44H,1-2H2. The monoisotopic (exact) mass is 870 g/mol. The van der Waals surface area contributed by atoms with E-state index in [-0.39, 0.29) is 0 Å². The first-order valence-corrected chi connectivity index (χ1v) is 23.1. The number of aromatic nitrogens is 2. The highest BCUT2D eigenvalue weighted by molar-refractivity contribution is 6.12. The van der Waals surface area contributed by atoms with Gasteiger partial charge in [0.05, 0.1) is 22.1 Å². The minimum absolute atomic E-state index is 1.08. The van der Waals surface area contributed by atoms with Crippen molar-refractivity contribution in [1.82, 2.24) is 9.13 Å². The Balaban J connectivity index is 0.894. The largest absolute Gasteiger partial charge is 0.310 e. The van der Waals surface area contributed by atoms with Gasteiger partial charge in [0.15, 0.2) is 0 Å². The molecule has 0 bridgehead atoms. The van der Waals surface area contributed by atoms with E-state index in [4.69, 9.17) is 0 Å². The Morgan fingerprint density at radius 1 is 0.279 bits per heavy atom. The Morgan fingerprint density at radius 3 is 0.985 bits per heavy atom. The van der Waals surface area contributed by atoms with Crippen molar-refractivity contribution >= 4 is 89.9 Å². The summed E-state index contributed by atoms with van der Waals surface area (Å²) in [4.78, 5) is 4.70. The van der Waals surface area contributed by atoms with Crippen LogP contribution < -0.4 is 9.80 Å². The number of benzene rings is 10. The van der Waals surface area contributed by atoms with Crippen molar-refractivity contribution < 1.29 is 0 Å². The molecule has 10 aromatic carbocycles. The third kappa shape index (κ3) is 7.04. The molecule has 0 saturated heterocycles. The number of nitrogens with zero attached hydrogens (tertiary/aromatic N) is 4. The number of rotatable bonds is 11. The maximum absolute atomic E-state index is 3.96. The van der Waals surface area contributed by atoms with Crippen molar-refractivity contribution in [2.24, 2.45) is 0 Å². The number of hydrogen-bond acceptors (Lipinski definition) is 2. The highest BCUT2D eigenvalue weighted by Crippen LogP contribution is 2.43. The minimum atomic E-state index is 1.08. The van der Waals surface area contributed by atoms with E-state index in [1.54, 1.807) is 0 Å². The van der Waals surface area contributed by atoms with E-state index in [2.05, 4.69) is 275 Å². The average molecular weight is 871 g/mol. The van der Waals surface area contributed by atoms with Crippen molar-refractivity contribution in [1.29, 1.82) is 0 Å². The van der Waals surface area contributed by atoms with Gasteiger partial charge in [0.2, 0.25) is 0 Å². The fourth-order valence-corrected chi connectivity index (χ4v) is 9.93. The van der Waals surface area contributed by atoms with E-state index in [9.17, 15) is 0 Å². The Kier molecular flexibility index (Phi) is 10.1. The molecule has 12 aromatic rings. The topological polar surface area (TPSA) is 16.3 Å². The first-order chi connectivity index (χ1) is 33.6. The zero-order valence-corrected chi connectivity index (χ0v) is 37.5. The highest BCUT2D eigenvalue weighted by Gasteiger charge is 2.20. The molecule has 0 atom stereocenters. The van der Waals surface area contributed by atoms with Crippen molar-refractivity contribution in [3.05, 3.63) is 267 Å². The second-order valence-electron chi connectivity index (χ2n) is 17.1. The molecule has 0 spiro atoms. The van der Waals surface area contributed by atoms with Crippen LogP contribution in [0.1, 0.15) is 11.1 Å². The lowest BCUT2D eigenvalue weighted by Gasteiger charge is -2.26. The van der Waals surface area contributed by atoms with E-state index in [0.29, 0.717) is 0 Å². The second-order valence-corrected chi connectivity index (χ2v) is 17.1. The summed E-state index contributed by atoms with van der Waals surface area (Å²) < 4.78 is 4.72. The van der Waals surface area contributed by atoms with Gasteiger partial charge in [-0.25, -0.2) is 0 Å². The molecular formula is C64H46N4. The molecule has 0 unspecified atom stereocenters. The zero-order valence-electron chi connectivity index (χ0n) is 37.5. The third-order valence-electron chi connectivity index (χ3n) is 13.2. The normalized spacial score (nSPS) is 11.4. The van der Waals surface area contributed by atoms with Crippen LogP contribution in [0.2, 0.25) is 0 Å². The molecular weight excluding hydrogens is 825 g/mol. The summed E-state index contributed by atoms with van der Waals surface area (Å²) in [6, 6.07) is 87.4. The maximum Gasteiger partial charge on any atom is 0.0542 e. The fraction of sp³-hybridized carbons (Fsp3) is 0. The Hall–Kier alpha value is -9.12. The van der Waals surface area contributed by atoms with Gasteiger partial charge in [0, 0.05) is 67.0 Å². The van der Waals surface area contributed by atoms with E-state index in [1.165, 1.54) is 32.6 Å². The first-order valence-electron chi connectivity index (χ1n) is 23.1. The van der Waals surface area contributed by atoms with Crippen LogP contribution >= 0.6 is 0 Å². The molecule has 68 heavy (non-hydrogen) atoms. The van der Waals surface area contributed by atoms with Crippen LogP contribution in [0.3, 0.4) is 0 Å². The maximum atomic E-state index is 3.96. The average Bonchev–Trinajstić information content (AvgIpc) is 3.92. The minimum Gasteiger partial charge on any atom is -0.310 e. The number of fused-ring (bicyclic) bond motifs is 6. The molecule has 0 aliphatic rings. The van der Waals surface area contributed by atoms with E-state index >= 15 is 0 Å². The van der Waals surface area contributed by atoms with Crippen LogP contribution in [-0.2, 0) is 0 Å². The van der Waals surface area contributed by atoms with Crippen molar-refractivity contribution in [3.63, 3.8) is 0 Å². The third-order valence-corrected chi connectivity index (χ3v) is 13.2. The van der Waals surface area contributed by atoms with Gasteiger partial charge in [-0.1, -0.05) is 147 Å². The number of para-hydroxylation sites is 4. The summed E-state index contributed by atoms with van der Waals surface area (Å²) in [7, 11) is 0. The van der Waals surface area contributed by atoms with Crippen LogP contribution in [0.15, 0.2) is 256 Å². The molecule has 0 radical (unpaired) electrons. The van der Waals surface area contributed by atoms with Gasteiger partial charge < -0.3 is 18.9 Å². The van der Waals surface area contributed by atoms with Gasteiger partial charge in [-0.2, -0.15) is 0 Å². The van der Waals surface area contributed by atoms with Crippen molar-refractivity contribution in [3.8, 4) is 22.5 Å². The molecule has 0 aliphatic heterocycles. The van der Waals surface area contributed by atoms with Gasteiger partial charge in [0.1, 0.15) is 0 Å². The van der Waals surface area contributed by atoms with Crippen molar-refractivity contribution in [2.45, 2.75) is 0 Å². The van der Waals surface area contributed by atoms with Gasteiger partial charge in [0.25, 0.3) is 0 Å². The Bertz CT molecular complexity index is 3530. The second kappa shape index (κ2) is 17.0. The van der Waals surface area contributed by atoms with Crippen LogP contribution in [0.4, 0.5) is 34.1 Å².